The lowest BCUT2D eigenvalue weighted by molar-refractivity contribution is 0.211. The number of hydrogen-bond acceptors (Lipinski definition) is 6. The summed E-state index contributed by atoms with van der Waals surface area (Å²) in [5.41, 5.74) is 2.71. The summed E-state index contributed by atoms with van der Waals surface area (Å²) in [6, 6.07) is 7.39. The van der Waals surface area contributed by atoms with Gasteiger partial charge in [0.2, 0.25) is 0 Å². The summed E-state index contributed by atoms with van der Waals surface area (Å²) in [5.74, 6) is 0.487. The summed E-state index contributed by atoms with van der Waals surface area (Å²) >= 11 is 0. The molecule has 2 aromatic rings. The van der Waals surface area contributed by atoms with E-state index in [-0.39, 0.29) is 19.0 Å². The van der Waals surface area contributed by atoms with Crippen LogP contribution in [0.3, 0.4) is 0 Å². The Morgan fingerprint density at radius 3 is 2.33 bits per heavy atom. The van der Waals surface area contributed by atoms with Crippen LogP contribution in [-0.4, -0.2) is 30.4 Å². The smallest absolute Gasteiger partial charge is 0.338 e. The summed E-state index contributed by atoms with van der Waals surface area (Å²) in [6.45, 7) is 7.86. The largest absolute Gasteiger partial charge is 0.504 e. The number of ether oxygens (including phenoxy) is 1. The standard InChI is InChI=1S/C20H28NO5P/c1-6-25-27(23,26-7-2)19(17-9-8-15(4)21-13-17)12-16-10-14(3)20(22)18(11-16)24-5/h8-11,13,19,22H,6-7,12H2,1-5H3. The van der Waals surface area contributed by atoms with E-state index in [1.165, 1.54) is 7.11 Å². The highest BCUT2D eigenvalue weighted by Gasteiger charge is 2.37. The molecule has 1 atom stereocenters. The van der Waals surface area contributed by atoms with Crippen LogP contribution in [0.25, 0.3) is 0 Å². The molecule has 0 bridgehead atoms. The number of phenols is 1. The molecular formula is C20H28NO5P. The zero-order valence-corrected chi connectivity index (χ0v) is 17.5. The number of rotatable bonds is 9. The Kier molecular flexibility index (Phi) is 7.42. The summed E-state index contributed by atoms with van der Waals surface area (Å²) in [6.07, 6.45) is 2.12. The molecule has 1 aromatic heterocycles. The van der Waals surface area contributed by atoms with Crippen LogP contribution in [0.2, 0.25) is 0 Å². The van der Waals surface area contributed by atoms with Crippen molar-refractivity contribution in [3.05, 3.63) is 52.8 Å². The first-order chi connectivity index (χ1) is 12.8. The molecule has 1 aromatic carbocycles. The third kappa shape index (κ3) is 5.10. The molecule has 0 aliphatic heterocycles. The van der Waals surface area contributed by atoms with Gasteiger partial charge in [-0.15, -0.1) is 0 Å². The van der Waals surface area contributed by atoms with Gasteiger partial charge < -0.3 is 18.9 Å². The first-order valence-electron chi connectivity index (χ1n) is 9.02. The fourth-order valence-electron chi connectivity index (χ4n) is 2.98. The minimum Gasteiger partial charge on any atom is -0.504 e. The molecule has 0 aliphatic carbocycles. The molecular weight excluding hydrogens is 365 g/mol. The molecule has 0 saturated carbocycles. The van der Waals surface area contributed by atoms with Crippen molar-refractivity contribution in [3.8, 4) is 11.5 Å². The highest BCUT2D eigenvalue weighted by Crippen LogP contribution is 2.62. The first kappa shape index (κ1) is 21.4. The zero-order chi connectivity index (χ0) is 20.0. The lowest BCUT2D eigenvalue weighted by Gasteiger charge is -2.27. The number of aryl methyl sites for hydroxylation is 2. The SMILES string of the molecule is CCOP(=O)(OCC)C(Cc1cc(C)c(O)c(OC)c1)c1ccc(C)nc1. The van der Waals surface area contributed by atoms with Gasteiger partial charge in [0.25, 0.3) is 0 Å². The van der Waals surface area contributed by atoms with Crippen LogP contribution in [0, 0.1) is 13.8 Å². The Bertz CT molecular complexity index is 797. The van der Waals surface area contributed by atoms with Gasteiger partial charge in [-0.05, 0) is 62.9 Å². The molecule has 6 nitrogen and oxygen atoms in total. The van der Waals surface area contributed by atoms with E-state index in [9.17, 15) is 9.67 Å². The number of nitrogens with zero attached hydrogens (tertiary/aromatic N) is 1. The van der Waals surface area contributed by atoms with Crippen LogP contribution >= 0.6 is 7.60 Å². The average Bonchev–Trinajstić information content (AvgIpc) is 2.63. The monoisotopic (exact) mass is 393 g/mol. The number of phenolic OH excluding ortho intramolecular Hbond substituents is 1. The maximum Gasteiger partial charge on any atom is 0.338 e. The molecule has 1 heterocycles. The normalized spacial score (nSPS) is 12.8. The Hall–Kier alpha value is -1.88. The predicted molar refractivity (Wildman–Crippen MR) is 106 cm³/mol. The minimum atomic E-state index is -3.43. The van der Waals surface area contributed by atoms with Crippen LogP contribution in [0.4, 0.5) is 0 Å². The summed E-state index contributed by atoms with van der Waals surface area (Å²) in [7, 11) is -1.92. The average molecular weight is 393 g/mol. The number of methoxy groups -OCH3 is 1. The maximum atomic E-state index is 13.6. The summed E-state index contributed by atoms with van der Waals surface area (Å²) < 4.78 is 30.1. The van der Waals surface area contributed by atoms with E-state index < -0.39 is 13.3 Å². The Morgan fingerprint density at radius 1 is 1.15 bits per heavy atom. The van der Waals surface area contributed by atoms with Crippen molar-refractivity contribution < 1.29 is 23.5 Å². The second-order valence-corrected chi connectivity index (χ2v) is 8.51. The van der Waals surface area contributed by atoms with Gasteiger partial charge >= 0.3 is 7.60 Å². The molecule has 2 rings (SSSR count). The fraction of sp³-hybridized carbons (Fsp3) is 0.450. The molecule has 1 unspecified atom stereocenters. The highest BCUT2D eigenvalue weighted by molar-refractivity contribution is 7.54. The maximum absolute atomic E-state index is 13.6. The van der Waals surface area contributed by atoms with Crippen molar-refractivity contribution in [2.75, 3.05) is 20.3 Å². The lowest BCUT2D eigenvalue weighted by atomic mass is 10.0. The zero-order valence-electron chi connectivity index (χ0n) is 16.6. The number of hydrogen-bond donors (Lipinski definition) is 1. The Labute approximate surface area is 161 Å². The number of pyridine rings is 1. The van der Waals surface area contributed by atoms with Crippen LogP contribution in [0.5, 0.6) is 11.5 Å². The van der Waals surface area contributed by atoms with E-state index in [0.29, 0.717) is 17.7 Å². The molecule has 0 spiro atoms. The molecule has 7 heteroatoms. The molecule has 1 N–H and O–H groups in total. The molecule has 0 saturated heterocycles. The van der Waals surface area contributed by atoms with E-state index >= 15 is 0 Å². The molecule has 0 radical (unpaired) electrons. The van der Waals surface area contributed by atoms with E-state index in [0.717, 1.165) is 16.8 Å². The third-order valence-corrected chi connectivity index (χ3v) is 6.77. The van der Waals surface area contributed by atoms with Gasteiger partial charge in [-0.2, -0.15) is 0 Å². The van der Waals surface area contributed by atoms with Crippen molar-refractivity contribution >= 4 is 7.60 Å². The Balaban J connectivity index is 2.51. The number of benzene rings is 1. The van der Waals surface area contributed by atoms with Gasteiger partial charge in [-0.1, -0.05) is 12.1 Å². The number of aromatic hydroxyl groups is 1. The van der Waals surface area contributed by atoms with Crippen LogP contribution in [-0.2, 0) is 20.0 Å². The molecule has 0 aliphatic rings. The van der Waals surface area contributed by atoms with Crippen molar-refractivity contribution in [1.82, 2.24) is 4.98 Å². The van der Waals surface area contributed by atoms with Crippen molar-refractivity contribution in [2.45, 2.75) is 39.8 Å². The van der Waals surface area contributed by atoms with Gasteiger partial charge in [-0.25, -0.2) is 0 Å². The van der Waals surface area contributed by atoms with Crippen molar-refractivity contribution in [3.63, 3.8) is 0 Å². The van der Waals surface area contributed by atoms with E-state index in [4.69, 9.17) is 13.8 Å². The Morgan fingerprint density at radius 2 is 1.81 bits per heavy atom. The van der Waals surface area contributed by atoms with Crippen molar-refractivity contribution in [1.29, 1.82) is 0 Å². The van der Waals surface area contributed by atoms with Gasteiger partial charge in [0, 0.05) is 11.9 Å². The van der Waals surface area contributed by atoms with E-state index in [1.54, 1.807) is 33.0 Å². The first-order valence-corrected chi connectivity index (χ1v) is 10.6. The predicted octanol–water partition coefficient (Wildman–Crippen LogP) is 4.96. The van der Waals surface area contributed by atoms with Gasteiger partial charge in [-0.3, -0.25) is 9.55 Å². The van der Waals surface area contributed by atoms with E-state index in [2.05, 4.69) is 4.98 Å². The third-order valence-electron chi connectivity index (χ3n) is 4.29. The highest BCUT2D eigenvalue weighted by atomic mass is 31.2. The second kappa shape index (κ2) is 9.36. The van der Waals surface area contributed by atoms with Crippen LogP contribution < -0.4 is 4.74 Å². The van der Waals surface area contributed by atoms with Gasteiger partial charge in [0.1, 0.15) is 0 Å². The topological polar surface area (TPSA) is 77.9 Å². The summed E-state index contributed by atoms with van der Waals surface area (Å²) in [4.78, 5) is 4.34. The van der Waals surface area contributed by atoms with Gasteiger partial charge in [0.15, 0.2) is 11.5 Å². The summed E-state index contributed by atoms with van der Waals surface area (Å²) in [5, 5.41) is 10.1. The second-order valence-electron chi connectivity index (χ2n) is 6.29. The lowest BCUT2D eigenvalue weighted by Crippen LogP contribution is -2.10. The van der Waals surface area contributed by atoms with Crippen molar-refractivity contribution in [2.24, 2.45) is 0 Å². The fourth-order valence-corrected chi connectivity index (χ4v) is 5.09. The van der Waals surface area contributed by atoms with Crippen LogP contribution in [0.15, 0.2) is 30.5 Å². The van der Waals surface area contributed by atoms with Crippen LogP contribution in [0.1, 0.15) is 41.9 Å². The minimum absolute atomic E-state index is 0.104. The molecule has 0 amide bonds. The van der Waals surface area contributed by atoms with E-state index in [1.807, 2.05) is 25.1 Å². The molecule has 0 fully saturated rings. The van der Waals surface area contributed by atoms with Gasteiger partial charge in [0.05, 0.1) is 26.0 Å². The quantitative estimate of drug-likeness (QED) is 0.607. The molecule has 27 heavy (non-hydrogen) atoms. The molecule has 148 valence electrons. The number of aromatic nitrogens is 1.